The van der Waals surface area contributed by atoms with Crippen LogP contribution >= 0.6 is 0 Å². The van der Waals surface area contributed by atoms with Gasteiger partial charge < -0.3 is 10.6 Å². The van der Waals surface area contributed by atoms with Crippen LogP contribution in [0.5, 0.6) is 0 Å². The van der Waals surface area contributed by atoms with E-state index < -0.39 is 0 Å². The summed E-state index contributed by atoms with van der Waals surface area (Å²) in [5.41, 5.74) is 12.0. The number of allylic oxidation sites excluding steroid dienone is 9. The molecule has 2 N–H and O–H groups in total. The molecule has 4 aromatic carbocycles. The predicted octanol–water partition coefficient (Wildman–Crippen LogP) is 10.2. The van der Waals surface area contributed by atoms with E-state index in [1.807, 2.05) is 25.4 Å². The highest BCUT2D eigenvalue weighted by atomic mass is 28.1. The first-order valence-corrected chi connectivity index (χ1v) is 17.7. The lowest BCUT2D eigenvalue weighted by Gasteiger charge is -2.28. The Hall–Kier alpha value is -4.96. The van der Waals surface area contributed by atoms with Crippen molar-refractivity contribution in [1.82, 2.24) is 10.6 Å². The summed E-state index contributed by atoms with van der Waals surface area (Å²) >= 11 is 0. The molecule has 49 heavy (non-hydrogen) atoms. The Morgan fingerprint density at radius 2 is 1.61 bits per heavy atom. The van der Waals surface area contributed by atoms with Crippen LogP contribution in [0.3, 0.4) is 0 Å². The first-order chi connectivity index (χ1) is 23.9. The highest BCUT2D eigenvalue weighted by molar-refractivity contribution is 6.35. The lowest BCUT2D eigenvalue weighted by molar-refractivity contribution is 0.504. The topological polar surface area (TPSA) is 24.1 Å². The average Bonchev–Trinajstić information content (AvgIpc) is 3.15. The predicted molar refractivity (Wildman–Crippen MR) is 213 cm³/mol. The van der Waals surface area contributed by atoms with Gasteiger partial charge in [-0.05, 0) is 108 Å². The van der Waals surface area contributed by atoms with Gasteiger partial charge in [-0.25, -0.2) is 0 Å². The molecule has 2 aliphatic rings. The smallest absolute Gasteiger partial charge is 0.0720 e. The van der Waals surface area contributed by atoms with Crippen LogP contribution in [0.15, 0.2) is 170 Å². The number of nitrogens with one attached hydrogen (secondary N) is 2. The monoisotopic (exact) mass is 653 g/mol. The van der Waals surface area contributed by atoms with Crippen molar-refractivity contribution in [1.29, 1.82) is 0 Å². The number of hydrogen-bond acceptors (Lipinski definition) is 2. The average molecular weight is 654 g/mol. The second kappa shape index (κ2) is 16.0. The quantitative estimate of drug-likeness (QED) is 0.117. The molecular weight excluding hydrogens is 609 g/mol. The summed E-state index contributed by atoms with van der Waals surface area (Å²) in [7, 11) is 5.77. The van der Waals surface area contributed by atoms with Crippen LogP contribution in [0.2, 0.25) is 0 Å². The third-order valence-electron chi connectivity index (χ3n) is 9.49. The molecule has 1 unspecified atom stereocenters. The van der Waals surface area contributed by atoms with E-state index in [0.717, 1.165) is 42.0 Å². The Morgan fingerprint density at radius 3 is 2.33 bits per heavy atom. The maximum absolute atomic E-state index is 4.35. The zero-order chi connectivity index (χ0) is 34.1. The minimum absolute atomic E-state index is 0.138. The minimum atomic E-state index is -0.138. The normalized spacial score (nSPS) is 18.0. The molecule has 3 radical (unpaired) electrons. The SMILES string of the molecule is C=C(/C=C\C=C/N[C@@]1(C)C=CC(c2ccc(-c3ccccc3[Si])cc2)=CC1)c1cccc(-c2ccc(C(CC3=CCCC=C3)NC)cc2)c1. The van der Waals surface area contributed by atoms with Crippen molar-refractivity contribution in [2.24, 2.45) is 0 Å². The standard InChI is InChI=1S/C46H45N2Si/c1-34(41-15-11-16-42(33-41)37-21-25-40(26-22-37)44(47-3)32-35-13-5-4-6-14-35)12-9-10-31-48-46(2)29-27-38(28-30-46)36-19-23-39(24-20-36)43-17-7-8-18-45(43)49/h5,7-29,31,33,44,47-48H,1,4,6,30,32H2,2-3H3/b12-9-,31-10-/t44?,46-/m0/s1. The number of rotatable bonds is 12. The van der Waals surface area contributed by atoms with E-state index >= 15 is 0 Å². The Labute approximate surface area is 296 Å². The molecule has 2 atom stereocenters. The third kappa shape index (κ3) is 8.74. The lowest BCUT2D eigenvalue weighted by Crippen LogP contribution is -2.37. The highest BCUT2D eigenvalue weighted by Crippen LogP contribution is 2.30. The van der Waals surface area contributed by atoms with Gasteiger partial charge in [0, 0.05) is 6.04 Å². The Bertz CT molecular complexity index is 1950. The highest BCUT2D eigenvalue weighted by Gasteiger charge is 2.21. The van der Waals surface area contributed by atoms with Crippen LogP contribution in [0.4, 0.5) is 0 Å². The van der Waals surface area contributed by atoms with Gasteiger partial charge in [0.2, 0.25) is 0 Å². The van der Waals surface area contributed by atoms with Crippen LogP contribution in [0, 0.1) is 0 Å². The van der Waals surface area contributed by atoms with E-state index in [4.69, 9.17) is 0 Å². The van der Waals surface area contributed by atoms with Gasteiger partial charge in [-0.15, -0.1) is 0 Å². The maximum Gasteiger partial charge on any atom is 0.0720 e. The van der Waals surface area contributed by atoms with E-state index in [9.17, 15) is 0 Å². The second-order valence-electron chi connectivity index (χ2n) is 13.1. The summed E-state index contributed by atoms with van der Waals surface area (Å²) in [5, 5.41) is 8.19. The summed E-state index contributed by atoms with van der Waals surface area (Å²) in [4.78, 5) is 0. The molecule has 6 rings (SSSR count). The number of benzene rings is 4. The van der Waals surface area contributed by atoms with Crippen LogP contribution in [0.25, 0.3) is 33.4 Å². The fourth-order valence-corrected chi connectivity index (χ4v) is 6.76. The molecule has 3 heteroatoms. The molecule has 0 saturated heterocycles. The van der Waals surface area contributed by atoms with Crippen molar-refractivity contribution in [3.8, 4) is 22.3 Å². The first kappa shape index (κ1) is 33.9. The van der Waals surface area contributed by atoms with Gasteiger partial charge in [-0.2, -0.15) is 0 Å². The molecule has 0 bridgehead atoms. The van der Waals surface area contributed by atoms with Gasteiger partial charge in [0.15, 0.2) is 0 Å². The van der Waals surface area contributed by atoms with Crippen molar-refractivity contribution in [2.45, 2.75) is 44.2 Å². The van der Waals surface area contributed by atoms with Gasteiger partial charge in [0.25, 0.3) is 0 Å². The molecular formula is C46H45N2Si. The summed E-state index contributed by atoms with van der Waals surface area (Å²) in [6.45, 7) is 6.57. The molecule has 243 valence electrons. The summed E-state index contributed by atoms with van der Waals surface area (Å²) in [5.74, 6) is 0. The zero-order valence-electron chi connectivity index (χ0n) is 28.6. The minimum Gasteiger partial charge on any atom is -0.382 e. The fraction of sp³-hybridized carbons (Fsp3) is 0.174. The van der Waals surface area contributed by atoms with E-state index in [-0.39, 0.29) is 5.54 Å². The first-order valence-electron chi connectivity index (χ1n) is 17.2. The van der Waals surface area contributed by atoms with Crippen molar-refractivity contribution in [3.63, 3.8) is 0 Å². The van der Waals surface area contributed by atoms with Crippen molar-refractivity contribution < 1.29 is 0 Å². The van der Waals surface area contributed by atoms with Gasteiger partial charge in [0.05, 0.1) is 15.8 Å². The van der Waals surface area contributed by atoms with Gasteiger partial charge in [0.1, 0.15) is 0 Å². The van der Waals surface area contributed by atoms with Gasteiger partial charge in [-0.3, -0.25) is 0 Å². The van der Waals surface area contributed by atoms with Gasteiger partial charge in [-0.1, -0.05) is 157 Å². The number of hydrogen-bond donors (Lipinski definition) is 2. The van der Waals surface area contributed by atoms with Crippen LogP contribution in [-0.2, 0) is 0 Å². The second-order valence-corrected chi connectivity index (χ2v) is 13.7. The van der Waals surface area contributed by atoms with E-state index in [1.165, 1.54) is 44.5 Å². The van der Waals surface area contributed by atoms with Crippen molar-refractivity contribution >= 4 is 26.6 Å². The molecule has 2 nitrogen and oxygen atoms in total. The van der Waals surface area contributed by atoms with Crippen molar-refractivity contribution in [3.05, 3.63) is 187 Å². The Kier molecular flexibility index (Phi) is 11.0. The molecule has 0 saturated carbocycles. The summed E-state index contributed by atoms with van der Waals surface area (Å²) < 4.78 is 0. The van der Waals surface area contributed by atoms with Crippen molar-refractivity contribution in [2.75, 3.05) is 7.05 Å². The Balaban J connectivity index is 1.01. The third-order valence-corrected chi connectivity index (χ3v) is 9.93. The lowest BCUT2D eigenvalue weighted by atomic mass is 9.88. The maximum atomic E-state index is 4.35. The molecule has 0 spiro atoms. The molecule has 0 aromatic heterocycles. The fourth-order valence-electron chi connectivity index (χ4n) is 6.44. The molecule has 0 amide bonds. The van der Waals surface area contributed by atoms with Crippen LogP contribution in [0.1, 0.15) is 55.3 Å². The van der Waals surface area contributed by atoms with E-state index in [1.54, 1.807) is 0 Å². The largest absolute Gasteiger partial charge is 0.382 e. The Morgan fingerprint density at radius 1 is 0.837 bits per heavy atom. The van der Waals surface area contributed by atoms with E-state index in [0.29, 0.717) is 6.04 Å². The molecule has 4 aromatic rings. The summed E-state index contributed by atoms with van der Waals surface area (Å²) in [6.07, 6.45) is 26.1. The summed E-state index contributed by atoms with van der Waals surface area (Å²) in [6, 6.07) is 35.0. The molecule has 0 fully saturated rings. The van der Waals surface area contributed by atoms with Crippen LogP contribution < -0.4 is 15.8 Å². The van der Waals surface area contributed by atoms with E-state index in [2.05, 4.69) is 174 Å². The molecule has 0 heterocycles. The molecule has 0 aliphatic heterocycles. The molecule has 2 aliphatic carbocycles. The van der Waals surface area contributed by atoms with Gasteiger partial charge >= 0.3 is 0 Å². The zero-order valence-corrected chi connectivity index (χ0v) is 29.6. The van der Waals surface area contributed by atoms with Crippen LogP contribution in [-0.4, -0.2) is 22.8 Å².